The van der Waals surface area contributed by atoms with Gasteiger partial charge in [0.15, 0.2) is 11.5 Å². The number of primary amides is 1. The fourth-order valence-corrected chi connectivity index (χ4v) is 3.54. The molecule has 0 fully saturated rings. The number of nitrogens with two attached hydrogens (primary N) is 1. The van der Waals surface area contributed by atoms with E-state index in [0.717, 1.165) is 22.3 Å². The molecule has 3 aromatic carbocycles. The summed E-state index contributed by atoms with van der Waals surface area (Å²) in [6, 6.07) is 16.1. The Morgan fingerprint density at radius 3 is 2.55 bits per heavy atom. The van der Waals surface area contributed by atoms with Crippen LogP contribution < -0.4 is 19.9 Å². The van der Waals surface area contributed by atoms with Crippen molar-refractivity contribution in [2.75, 3.05) is 14.2 Å². The molecule has 31 heavy (non-hydrogen) atoms. The van der Waals surface area contributed by atoms with Crippen LogP contribution in [0.3, 0.4) is 0 Å². The predicted octanol–water partition coefficient (Wildman–Crippen LogP) is 3.72. The maximum atomic E-state index is 11.8. The lowest BCUT2D eigenvalue weighted by molar-refractivity contribution is 0.0535. The Balaban J connectivity index is 1.74. The number of carbonyl (C=O) groups is 2. The molecule has 1 aliphatic rings. The minimum absolute atomic E-state index is 0.185. The van der Waals surface area contributed by atoms with E-state index in [4.69, 9.17) is 24.7 Å². The first-order chi connectivity index (χ1) is 15.0. The quantitative estimate of drug-likeness (QED) is 0.586. The summed E-state index contributed by atoms with van der Waals surface area (Å²) in [5.74, 6) is 0.623. The zero-order valence-electron chi connectivity index (χ0n) is 17.1. The Kier molecular flexibility index (Phi) is 5.49. The number of esters is 1. The van der Waals surface area contributed by atoms with Gasteiger partial charge in [0.25, 0.3) is 0 Å². The zero-order valence-corrected chi connectivity index (χ0v) is 17.1. The van der Waals surface area contributed by atoms with Crippen molar-refractivity contribution in [3.63, 3.8) is 0 Å². The van der Waals surface area contributed by atoms with Gasteiger partial charge < -0.3 is 24.7 Å². The van der Waals surface area contributed by atoms with E-state index in [0.29, 0.717) is 28.4 Å². The maximum absolute atomic E-state index is 11.8. The lowest BCUT2D eigenvalue weighted by atomic mass is 9.99. The van der Waals surface area contributed by atoms with E-state index in [-0.39, 0.29) is 19.2 Å². The lowest BCUT2D eigenvalue weighted by Crippen LogP contribution is -2.11. The first-order valence-electron chi connectivity index (χ1n) is 9.58. The van der Waals surface area contributed by atoms with E-state index in [1.165, 1.54) is 7.11 Å². The first kappa shape index (κ1) is 20.3. The number of benzene rings is 3. The molecule has 2 N–H and O–H groups in total. The van der Waals surface area contributed by atoms with Gasteiger partial charge in [-0.1, -0.05) is 18.2 Å². The van der Waals surface area contributed by atoms with Gasteiger partial charge in [-0.3, -0.25) is 4.79 Å². The second-order valence-electron chi connectivity index (χ2n) is 6.98. The standard InChI is InChI=1S/C24H21NO6/c1-28-20-9-8-18(15-6-7-19-17(11-15)13-31-24(19)27)21(22(20)29-2)30-12-14-4-3-5-16(10-14)23(25)26/h3-11H,12-13H2,1-2H3,(H2,25,26). The molecule has 1 aliphatic heterocycles. The summed E-state index contributed by atoms with van der Waals surface area (Å²) in [7, 11) is 3.09. The number of ether oxygens (including phenoxy) is 4. The molecule has 158 valence electrons. The molecule has 7 heteroatoms. The van der Waals surface area contributed by atoms with Crippen LogP contribution in [0.2, 0.25) is 0 Å². The summed E-state index contributed by atoms with van der Waals surface area (Å²) in [6.07, 6.45) is 0. The van der Waals surface area contributed by atoms with Crippen LogP contribution in [0.5, 0.6) is 17.2 Å². The van der Waals surface area contributed by atoms with Gasteiger partial charge in [-0.05, 0) is 47.5 Å². The van der Waals surface area contributed by atoms with E-state index in [1.807, 2.05) is 24.3 Å². The van der Waals surface area contributed by atoms with Crippen LogP contribution in [-0.4, -0.2) is 26.1 Å². The second kappa shape index (κ2) is 8.39. The van der Waals surface area contributed by atoms with Crippen LogP contribution in [0.25, 0.3) is 11.1 Å². The van der Waals surface area contributed by atoms with E-state index < -0.39 is 5.91 Å². The third-order valence-electron chi connectivity index (χ3n) is 5.09. The van der Waals surface area contributed by atoms with Gasteiger partial charge in [-0.15, -0.1) is 0 Å². The van der Waals surface area contributed by atoms with Crippen molar-refractivity contribution < 1.29 is 28.5 Å². The second-order valence-corrected chi connectivity index (χ2v) is 6.98. The van der Waals surface area contributed by atoms with Crippen molar-refractivity contribution in [1.82, 2.24) is 0 Å². The average molecular weight is 419 g/mol. The molecule has 0 saturated carbocycles. The number of fused-ring (bicyclic) bond motifs is 1. The monoisotopic (exact) mass is 419 g/mol. The topological polar surface area (TPSA) is 97.1 Å². The average Bonchev–Trinajstić information content (AvgIpc) is 3.17. The Morgan fingerprint density at radius 1 is 1.00 bits per heavy atom. The van der Waals surface area contributed by atoms with Crippen molar-refractivity contribution in [2.24, 2.45) is 5.73 Å². The molecule has 4 rings (SSSR count). The Hall–Kier alpha value is -4.00. The van der Waals surface area contributed by atoms with Gasteiger partial charge in [-0.25, -0.2) is 4.79 Å². The number of carbonyl (C=O) groups excluding carboxylic acids is 2. The number of hydrogen-bond acceptors (Lipinski definition) is 6. The highest BCUT2D eigenvalue weighted by molar-refractivity contribution is 5.94. The molecule has 0 aliphatic carbocycles. The third-order valence-corrected chi connectivity index (χ3v) is 5.09. The van der Waals surface area contributed by atoms with Crippen LogP contribution >= 0.6 is 0 Å². The highest BCUT2D eigenvalue weighted by atomic mass is 16.5. The molecule has 0 bridgehead atoms. The fourth-order valence-electron chi connectivity index (χ4n) is 3.54. The van der Waals surface area contributed by atoms with Gasteiger partial charge in [0.1, 0.15) is 13.2 Å². The Morgan fingerprint density at radius 2 is 1.81 bits per heavy atom. The molecule has 0 spiro atoms. The van der Waals surface area contributed by atoms with Gasteiger partial charge in [-0.2, -0.15) is 0 Å². The number of amides is 1. The van der Waals surface area contributed by atoms with E-state index in [1.54, 1.807) is 37.4 Å². The van der Waals surface area contributed by atoms with Gasteiger partial charge in [0.05, 0.1) is 19.8 Å². The van der Waals surface area contributed by atoms with Crippen LogP contribution in [0.4, 0.5) is 0 Å². The van der Waals surface area contributed by atoms with Crippen LogP contribution in [0.15, 0.2) is 54.6 Å². The number of methoxy groups -OCH3 is 2. The minimum Gasteiger partial charge on any atom is -0.493 e. The SMILES string of the molecule is COc1ccc(-c2ccc3c(c2)COC3=O)c(OCc2cccc(C(N)=O)c2)c1OC. The normalized spacial score (nSPS) is 12.1. The number of hydrogen-bond donors (Lipinski definition) is 1. The smallest absolute Gasteiger partial charge is 0.338 e. The molecule has 0 aromatic heterocycles. The molecule has 0 atom stereocenters. The van der Waals surface area contributed by atoms with Crippen molar-refractivity contribution >= 4 is 11.9 Å². The Bertz CT molecular complexity index is 1170. The highest BCUT2D eigenvalue weighted by Crippen LogP contribution is 2.45. The third kappa shape index (κ3) is 3.90. The van der Waals surface area contributed by atoms with Crippen molar-refractivity contribution in [2.45, 2.75) is 13.2 Å². The molecule has 1 heterocycles. The summed E-state index contributed by atoms with van der Waals surface area (Å²) in [5, 5.41) is 0. The Labute approximate surface area is 179 Å². The number of cyclic esters (lactones) is 1. The van der Waals surface area contributed by atoms with Crippen molar-refractivity contribution in [1.29, 1.82) is 0 Å². The number of rotatable bonds is 7. The molecule has 1 amide bonds. The first-order valence-corrected chi connectivity index (χ1v) is 9.58. The molecule has 0 radical (unpaired) electrons. The van der Waals surface area contributed by atoms with Crippen molar-refractivity contribution in [3.8, 4) is 28.4 Å². The summed E-state index contributed by atoms with van der Waals surface area (Å²) in [5.41, 5.74) is 9.56. The van der Waals surface area contributed by atoms with E-state index >= 15 is 0 Å². The zero-order chi connectivity index (χ0) is 22.0. The summed E-state index contributed by atoms with van der Waals surface area (Å²) >= 11 is 0. The summed E-state index contributed by atoms with van der Waals surface area (Å²) in [6.45, 7) is 0.426. The molecular weight excluding hydrogens is 398 g/mol. The van der Waals surface area contributed by atoms with E-state index in [9.17, 15) is 9.59 Å². The van der Waals surface area contributed by atoms with Gasteiger partial charge in [0.2, 0.25) is 11.7 Å². The fraction of sp³-hybridized carbons (Fsp3) is 0.167. The van der Waals surface area contributed by atoms with Gasteiger partial charge >= 0.3 is 5.97 Å². The molecule has 0 unspecified atom stereocenters. The minimum atomic E-state index is -0.503. The van der Waals surface area contributed by atoms with E-state index in [2.05, 4.69) is 0 Å². The summed E-state index contributed by atoms with van der Waals surface area (Å²) < 4.78 is 22.3. The van der Waals surface area contributed by atoms with Crippen LogP contribution in [0.1, 0.15) is 31.8 Å². The lowest BCUT2D eigenvalue weighted by Gasteiger charge is -2.18. The largest absolute Gasteiger partial charge is 0.493 e. The maximum Gasteiger partial charge on any atom is 0.338 e. The van der Waals surface area contributed by atoms with Crippen LogP contribution in [-0.2, 0) is 18.0 Å². The van der Waals surface area contributed by atoms with Crippen molar-refractivity contribution in [3.05, 3.63) is 76.9 Å². The molecule has 0 saturated heterocycles. The van der Waals surface area contributed by atoms with Gasteiger partial charge in [0, 0.05) is 16.7 Å². The predicted molar refractivity (Wildman–Crippen MR) is 113 cm³/mol. The van der Waals surface area contributed by atoms with Crippen LogP contribution in [0, 0.1) is 0 Å². The molecule has 7 nitrogen and oxygen atoms in total. The molecule has 3 aromatic rings. The highest BCUT2D eigenvalue weighted by Gasteiger charge is 2.23. The molecular formula is C24H21NO6. The summed E-state index contributed by atoms with van der Waals surface area (Å²) in [4.78, 5) is 23.3.